The number of benzene rings is 1. The van der Waals surface area contributed by atoms with Gasteiger partial charge in [0.25, 0.3) is 5.91 Å². The van der Waals surface area contributed by atoms with E-state index < -0.39 is 0 Å². The summed E-state index contributed by atoms with van der Waals surface area (Å²) in [5, 5.41) is 7.25. The number of hydrogen-bond acceptors (Lipinski definition) is 3. The number of aryl methyl sites for hydroxylation is 2. The van der Waals surface area contributed by atoms with Crippen LogP contribution in [0.4, 0.5) is 0 Å². The van der Waals surface area contributed by atoms with Gasteiger partial charge in [-0.2, -0.15) is 5.10 Å². The third-order valence-electron chi connectivity index (χ3n) is 4.05. The van der Waals surface area contributed by atoms with Crippen LogP contribution >= 0.6 is 0 Å². The standard InChI is InChI=1S/C21H29N3O2/c1-4-6-7-8-9-13-26-19-12-10-11-17(14-19)16-22-21(25)20-15-18(5-2)23-24(20)3/h7-8,10-12,14-15H,4-6,9,13,16H2,1-3H3,(H,22,25). The lowest BCUT2D eigenvalue weighted by Gasteiger charge is -2.08. The van der Waals surface area contributed by atoms with Crippen LogP contribution in [0, 0.1) is 0 Å². The predicted octanol–water partition coefficient (Wildman–Crippen LogP) is 4.04. The highest BCUT2D eigenvalue weighted by Crippen LogP contribution is 2.14. The second kappa shape index (κ2) is 10.4. The molecule has 0 bridgehead atoms. The summed E-state index contributed by atoms with van der Waals surface area (Å²) in [6, 6.07) is 9.67. The van der Waals surface area contributed by atoms with Gasteiger partial charge in [0.1, 0.15) is 11.4 Å². The summed E-state index contributed by atoms with van der Waals surface area (Å²) in [7, 11) is 1.79. The molecule has 1 N–H and O–H groups in total. The van der Waals surface area contributed by atoms with Crippen molar-refractivity contribution in [3.8, 4) is 5.75 Å². The molecule has 1 aromatic heterocycles. The van der Waals surface area contributed by atoms with Crippen LogP contribution in [0.2, 0.25) is 0 Å². The topological polar surface area (TPSA) is 56.1 Å². The Morgan fingerprint density at radius 3 is 2.77 bits per heavy atom. The number of nitrogens with zero attached hydrogens (tertiary/aromatic N) is 2. The second-order valence-electron chi connectivity index (χ2n) is 6.23. The van der Waals surface area contributed by atoms with E-state index in [0.29, 0.717) is 18.8 Å². The van der Waals surface area contributed by atoms with Gasteiger partial charge >= 0.3 is 0 Å². The number of unbranched alkanes of at least 4 members (excludes halogenated alkanes) is 1. The maximum atomic E-state index is 12.3. The Labute approximate surface area is 156 Å². The number of aromatic nitrogens is 2. The van der Waals surface area contributed by atoms with Crippen LogP contribution in [0.5, 0.6) is 5.75 Å². The van der Waals surface area contributed by atoms with Gasteiger partial charge in [-0.15, -0.1) is 0 Å². The number of rotatable bonds is 10. The molecule has 1 heterocycles. The van der Waals surface area contributed by atoms with Gasteiger partial charge in [-0.3, -0.25) is 9.48 Å². The van der Waals surface area contributed by atoms with Crippen LogP contribution in [-0.4, -0.2) is 22.3 Å². The smallest absolute Gasteiger partial charge is 0.269 e. The summed E-state index contributed by atoms with van der Waals surface area (Å²) in [6.45, 7) is 5.31. The van der Waals surface area contributed by atoms with Gasteiger partial charge < -0.3 is 10.1 Å². The summed E-state index contributed by atoms with van der Waals surface area (Å²) in [4.78, 5) is 12.3. The average molecular weight is 355 g/mol. The summed E-state index contributed by atoms with van der Waals surface area (Å²) < 4.78 is 7.40. The van der Waals surface area contributed by atoms with E-state index in [1.165, 1.54) is 6.42 Å². The number of carbonyl (C=O) groups excluding carboxylic acids is 1. The number of ether oxygens (including phenoxy) is 1. The van der Waals surface area contributed by atoms with Crippen molar-refractivity contribution in [1.82, 2.24) is 15.1 Å². The molecular formula is C21H29N3O2. The lowest BCUT2D eigenvalue weighted by atomic mass is 10.2. The molecule has 140 valence electrons. The Morgan fingerprint density at radius 1 is 1.23 bits per heavy atom. The molecule has 0 aliphatic carbocycles. The molecule has 26 heavy (non-hydrogen) atoms. The van der Waals surface area contributed by atoms with E-state index in [0.717, 1.165) is 36.3 Å². The maximum Gasteiger partial charge on any atom is 0.269 e. The van der Waals surface area contributed by atoms with Crippen LogP contribution < -0.4 is 10.1 Å². The van der Waals surface area contributed by atoms with Crippen LogP contribution in [0.3, 0.4) is 0 Å². The first-order chi connectivity index (χ1) is 12.6. The normalized spacial score (nSPS) is 11.0. The first-order valence-corrected chi connectivity index (χ1v) is 9.31. The van der Waals surface area contributed by atoms with Crippen LogP contribution in [0.25, 0.3) is 0 Å². The molecule has 1 aromatic carbocycles. The van der Waals surface area contributed by atoms with Crippen molar-refractivity contribution >= 4 is 5.91 Å². The van der Waals surface area contributed by atoms with Crippen LogP contribution in [0.15, 0.2) is 42.5 Å². The summed E-state index contributed by atoms with van der Waals surface area (Å²) in [5.41, 5.74) is 2.50. The summed E-state index contributed by atoms with van der Waals surface area (Å²) in [6.07, 6.45) is 8.36. The highest BCUT2D eigenvalue weighted by molar-refractivity contribution is 5.92. The number of amides is 1. The van der Waals surface area contributed by atoms with E-state index in [4.69, 9.17) is 4.74 Å². The van der Waals surface area contributed by atoms with E-state index in [2.05, 4.69) is 29.5 Å². The third-order valence-corrected chi connectivity index (χ3v) is 4.05. The zero-order valence-corrected chi connectivity index (χ0v) is 16.0. The van der Waals surface area contributed by atoms with Gasteiger partial charge in [0.05, 0.1) is 12.3 Å². The summed E-state index contributed by atoms with van der Waals surface area (Å²) in [5.74, 6) is 0.710. The Morgan fingerprint density at radius 2 is 2.04 bits per heavy atom. The minimum absolute atomic E-state index is 0.118. The fourth-order valence-corrected chi connectivity index (χ4v) is 2.58. The molecule has 0 saturated carbocycles. The number of carbonyl (C=O) groups is 1. The van der Waals surface area contributed by atoms with E-state index in [1.54, 1.807) is 11.7 Å². The molecule has 5 nitrogen and oxygen atoms in total. The van der Waals surface area contributed by atoms with Crippen molar-refractivity contribution in [3.05, 3.63) is 59.4 Å². The molecular weight excluding hydrogens is 326 g/mol. The Bertz CT molecular complexity index is 735. The van der Waals surface area contributed by atoms with Crippen molar-refractivity contribution in [2.45, 2.75) is 46.1 Å². The molecule has 1 amide bonds. The van der Waals surface area contributed by atoms with E-state index in [-0.39, 0.29) is 5.91 Å². The molecule has 5 heteroatoms. The zero-order chi connectivity index (χ0) is 18.8. The molecule has 2 aromatic rings. The molecule has 0 fully saturated rings. The Balaban J connectivity index is 1.84. The minimum atomic E-state index is -0.118. The first-order valence-electron chi connectivity index (χ1n) is 9.31. The van der Waals surface area contributed by atoms with Gasteiger partial charge in [0, 0.05) is 13.6 Å². The molecule has 2 rings (SSSR count). The minimum Gasteiger partial charge on any atom is -0.493 e. The van der Waals surface area contributed by atoms with Crippen LogP contribution in [0.1, 0.15) is 54.9 Å². The Kier molecular flexibility index (Phi) is 7.93. The fraction of sp³-hybridized carbons (Fsp3) is 0.429. The first kappa shape index (κ1) is 19.8. The molecule has 0 unspecified atom stereocenters. The molecule has 0 radical (unpaired) electrons. The van der Waals surface area contributed by atoms with Crippen LogP contribution in [-0.2, 0) is 20.0 Å². The maximum absolute atomic E-state index is 12.3. The number of hydrogen-bond donors (Lipinski definition) is 1. The molecule has 0 aliphatic heterocycles. The van der Waals surface area contributed by atoms with E-state index in [9.17, 15) is 4.79 Å². The van der Waals surface area contributed by atoms with Crippen molar-refractivity contribution in [2.75, 3.05) is 6.61 Å². The van der Waals surface area contributed by atoms with Gasteiger partial charge in [0.15, 0.2) is 0 Å². The van der Waals surface area contributed by atoms with Crippen molar-refractivity contribution in [1.29, 1.82) is 0 Å². The number of nitrogens with one attached hydrogen (secondary N) is 1. The van der Waals surface area contributed by atoms with E-state index in [1.807, 2.05) is 37.3 Å². The van der Waals surface area contributed by atoms with Gasteiger partial charge in [0.2, 0.25) is 0 Å². The van der Waals surface area contributed by atoms with Gasteiger partial charge in [-0.1, -0.05) is 44.6 Å². The second-order valence-corrected chi connectivity index (χ2v) is 6.23. The van der Waals surface area contributed by atoms with Crippen molar-refractivity contribution < 1.29 is 9.53 Å². The van der Waals surface area contributed by atoms with Gasteiger partial charge in [-0.25, -0.2) is 0 Å². The van der Waals surface area contributed by atoms with Crippen molar-refractivity contribution in [3.63, 3.8) is 0 Å². The average Bonchev–Trinajstić information content (AvgIpc) is 3.04. The zero-order valence-electron chi connectivity index (χ0n) is 16.0. The molecule has 0 aliphatic rings. The SMILES string of the molecule is CCCC=CCCOc1cccc(CNC(=O)c2cc(CC)nn2C)c1. The third kappa shape index (κ3) is 6.06. The number of allylic oxidation sites excluding steroid dienone is 1. The Hall–Kier alpha value is -2.56. The highest BCUT2D eigenvalue weighted by Gasteiger charge is 2.12. The highest BCUT2D eigenvalue weighted by atomic mass is 16.5. The summed E-state index contributed by atoms with van der Waals surface area (Å²) >= 11 is 0. The monoisotopic (exact) mass is 355 g/mol. The largest absolute Gasteiger partial charge is 0.493 e. The lowest BCUT2D eigenvalue weighted by molar-refractivity contribution is 0.0941. The molecule has 0 spiro atoms. The lowest BCUT2D eigenvalue weighted by Crippen LogP contribution is -2.25. The molecule has 0 saturated heterocycles. The fourth-order valence-electron chi connectivity index (χ4n) is 2.58. The molecule has 0 atom stereocenters. The predicted molar refractivity (Wildman–Crippen MR) is 104 cm³/mol. The van der Waals surface area contributed by atoms with E-state index >= 15 is 0 Å². The quantitative estimate of drug-likeness (QED) is 0.517. The van der Waals surface area contributed by atoms with Crippen molar-refractivity contribution in [2.24, 2.45) is 7.05 Å². The van der Waals surface area contributed by atoms with Gasteiger partial charge in [-0.05, 0) is 43.0 Å².